The number of ether oxygens (including phenoxy) is 3. The summed E-state index contributed by atoms with van der Waals surface area (Å²) in [5.41, 5.74) is -1.05. The lowest BCUT2D eigenvalue weighted by molar-refractivity contribution is -0.239. The molecule has 0 spiro atoms. The fraction of sp³-hybridized carbons (Fsp3) is 0.647. The number of hydrogen-bond donors (Lipinski definition) is 3. The number of hydrogen-bond acceptors (Lipinski definition) is 11. The third-order valence-electron chi connectivity index (χ3n) is 9.60. The van der Waals surface area contributed by atoms with E-state index in [9.17, 15) is 32.0 Å². The summed E-state index contributed by atoms with van der Waals surface area (Å²) in [6.45, 7) is 5.83. The molecule has 1 aromatic rings. The second-order valence-electron chi connectivity index (χ2n) is 14.7. The number of rotatable bonds is 8. The maximum Gasteiger partial charge on any atom is 0.408 e. The van der Waals surface area contributed by atoms with E-state index in [4.69, 9.17) is 19.0 Å². The minimum absolute atomic E-state index is 0.0244. The van der Waals surface area contributed by atoms with Gasteiger partial charge in [0.05, 0.1) is 31.1 Å². The van der Waals surface area contributed by atoms with Crippen molar-refractivity contribution in [2.24, 2.45) is 5.92 Å². The minimum atomic E-state index is -3.91. The van der Waals surface area contributed by atoms with Crippen LogP contribution in [0.5, 0.6) is 0 Å². The Kier molecular flexibility index (Phi) is 10.8. The van der Waals surface area contributed by atoms with Crippen LogP contribution in [0.2, 0.25) is 0 Å². The van der Waals surface area contributed by atoms with Gasteiger partial charge >= 0.3 is 6.09 Å². The SMILES string of the molecule is CC(C)(C)OC(=O)N[C@H]1CCCOC/C=C\[C@@H]2C[C@@]2(C(=O)NS(=O)(=O)C2CC2)NC(=O)[C@@H]2C[C@@H](OCON3Cc4cccc(F)c4C3)CN2C1=O. The highest BCUT2D eigenvalue weighted by molar-refractivity contribution is 7.91. The average Bonchev–Trinajstić information content (AvgIpc) is 3.93. The first-order valence-electron chi connectivity index (χ1n) is 17.3. The number of fused-ring (bicyclic) bond motifs is 3. The Labute approximate surface area is 296 Å². The molecule has 4 amide bonds. The molecule has 2 aliphatic carbocycles. The van der Waals surface area contributed by atoms with Crippen molar-refractivity contribution in [2.75, 3.05) is 26.6 Å². The molecule has 2 saturated carbocycles. The zero-order chi connectivity index (χ0) is 36.6. The van der Waals surface area contributed by atoms with Gasteiger partial charge in [0.2, 0.25) is 21.8 Å². The zero-order valence-corrected chi connectivity index (χ0v) is 29.8. The standard InChI is InChI=1S/C34H46FN5O10S/c1-33(2,3)50-32(44)36-27-10-6-14-47-13-5-8-22-16-34(22,31(43)38-51(45,46)24-11-12-24)37-29(41)28-15-23(18-40(28)30(27)42)48-20-49-39-17-21-7-4-9-26(35)25(21)19-39/h4-5,7-9,22-24,27-28H,6,10-20H2,1-3H3,(H,36,44)(H,37,41)(H,38,43)/b8-5-/t22-,23-,27+,28+,34-/m1/s1. The van der Waals surface area contributed by atoms with Crippen molar-refractivity contribution in [3.63, 3.8) is 0 Å². The molecule has 1 saturated heterocycles. The second-order valence-corrected chi connectivity index (χ2v) is 16.7. The number of sulfonamides is 1. The summed E-state index contributed by atoms with van der Waals surface area (Å²) >= 11 is 0. The lowest BCUT2D eigenvalue weighted by atomic mass is 10.1. The van der Waals surface area contributed by atoms with Gasteiger partial charge in [-0.25, -0.2) is 17.6 Å². The van der Waals surface area contributed by atoms with E-state index in [-0.39, 0.29) is 58.2 Å². The Bertz CT molecular complexity index is 1660. The fourth-order valence-corrected chi connectivity index (χ4v) is 8.05. The highest BCUT2D eigenvalue weighted by Crippen LogP contribution is 2.46. The molecule has 3 N–H and O–H groups in total. The predicted molar refractivity (Wildman–Crippen MR) is 178 cm³/mol. The van der Waals surface area contributed by atoms with Crippen LogP contribution in [0.25, 0.3) is 0 Å². The topological polar surface area (TPSA) is 182 Å². The number of alkyl carbamates (subject to hydrolysis) is 1. The van der Waals surface area contributed by atoms with Crippen molar-refractivity contribution in [1.82, 2.24) is 25.3 Å². The van der Waals surface area contributed by atoms with Gasteiger partial charge in [-0.1, -0.05) is 24.3 Å². The highest BCUT2D eigenvalue weighted by Gasteiger charge is 2.62. The number of hydroxylamine groups is 2. The molecule has 15 nitrogen and oxygen atoms in total. The summed E-state index contributed by atoms with van der Waals surface area (Å²) in [5.74, 6) is -2.90. The number of amides is 4. The summed E-state index contributed by atoms with van der Waals surface area (Å²) in [7, 11) is -3.91. The molecule has 0 unspecified atom stereocenters. The average molecular weight is 736 g/mol. The van der Waals surface area contributed by atoms with Gasteiger partial charge in [-0.05, 0) is 64.5 Å². The molecule has 5 aliphatic rings. The van der Waals surface area contributed by atoms with Gasteiger partial charge in [0.15, 0.2) is 6.79 Å². The molecular formula is C34H46FN5O10S. The van der Waals surface area contributed by atoms with Gasteiger partial charge in [-0.15, -0.1) is 0 Å². The van der Waals surface area contributed by atoms with Crippen molar-refractivity contribution >= 4 is 33.8 Å². The first-order chi connectivity index (χ1) is 24.1. The van der Waals surface area contributed by atoms with Crippen LogP contribution >= 0.6 is 0 Å². The molecule has 0 aromatic heterocycles. The van der Waals surface area contributed by atoms with E-state index in [2.05, 4.69) is 15.4 Å². The number of carbonyl (C=O) groups is 4. The molecule has 280 valence electrons. The molecule has 1 aromatic carbocycles. The van der Waals surface area contributed by atoms with Gasteiger partial charge in [0.25, 0.3) is 5.91 Å². The smallest absolute Gasteiger partial charge is 0.408 e. The summed E-state index contributed by atoms with van der Waals surface area (Å²) in [6.07, 6.45) is 3.59. The molecule has 3 aliphatic heterocycles. The number of halogens is 1. The van der Waals surface area contributed by atoms with Crippen LogP contribution < -0.4 is 15.4 Å². The van der Waals surface area contributed by atoms with Crippen LogP contribution in [-0.2, 0) is 56.5 Å². The number of benzene rings is 1. The van der Waals surface area contributed by atoms with E-state index in [1.807, 2.05) is 6.07 Å². The fourth-order valence-electron chi connectivity index (χ4n) is 6.69. The van der Waals surface area contributed by atoms with Crippen molar-refractivity contribution in [3.05, 3.63) is 47.3 Å². The van der Waals surface area contributed by atoms with Crippen molar-refractivity contribution in [3.8, 4) is 0 Å². The molecule has 6 rings (SSSR count). The Morgan fingerprint density at radius 2 is 1.94 bits per heavy atom. The van der Waals surface area contributed by atoms with Crippen molar-refractivity contribution in [1.29, 1.82) is 0 Å². The van der Waals surface area contributed by atoms with Gasteiger partial charge in [0.1, 0.15) is 29.0 Å². The lowest BCUT2D eigenvalue weighted by Crippen LogP contribution is -2.58. The van der Waals surface area contributed by atoms with Gasteiger partial charge < -0.3 is 29.7 Å². The van der Waals surface area contributed by atoms with E-state index in [1.165, 1.54) is 11.0 Å². The molecule has 51 heavy (non-hydrogen) atoms. The molecule has 17 heteroatoms. The Hall–Kier alpha value is -3.64. The summed E-state index contributed by atoms with van der Waals surface area (Å²) in [4.78, 5) is 61.8. The number of nitrogens with zero attached hydrogens (tertiary/aromatic N) is 2. The summed E-state index contributed by atoms with van der Waals surface area (Å²) in [6, 6.07) is 2.62. The zero-order valence-electron chi connectivity index (χ0n) is 29.0. The molecular weight excluding hydrogens is 689 g/mol. The molecule has 0 bridgehead atoms. The van der Waals surface area contributed by atoms with Crippen LogP contribution in [0.3, 0.4) is 0 Å². The van der Waals surface area contributed by atoms with Crippen LogP contribution in [0.4, 0.5) is 9.18 Å². The third kappa shape index (κ3) is 8.88. The Morgan fingerprint density at radius 3 is 2.67 bits per heavy atom. The van der Waals surface area contributed by atoms with Crippen LogP contribution in [0.1, 0.15) is 70.4 Å². The minimum Gasteiger partial charge on any atom is -0.444 e. The van der Waals surface area contributed by atoms with Crippen molar-refractivity contribution in [2.45, 2.75) is 107 Å². The monoisotopic (exact) mass is 735 g/mol. The largest absolute Gasteiger partial charge is 0.444 e. The van der Waals surface area contributed by atoms with E-state index in [1.54, 1.807) is 44.1 Å². The maximum absolute atomic E-state index is 14.2. The first kappa shape index (κ1) is 37.1. The Morgan fingerprint density at radius 1 is 1.16 bits per heavy atom. The van der Waals surface area contributed by atoms with Crippen molar-refractivity contribution < 1.29 is 51.0 Å². The van der Waals surface area contributed by atoms with Crippen LogP contribution in [-0.4, -0.2) is 103 Å². The van der Waals surface area contributed by atoms with E-state index in [0.29, 0.717) is 31.4 Å². The molecule has 3 fully saturated rings. The second kappa shape index (κ2) is 14.8. The predicted octanol–water partition coefficient (Wildman–Crippen LogP) is 1.76. The molecule has 5 atom stereocenters. The van der Waals surface area contributed by atoms with Crippen LogP contribution in [0, 0.1) is 11.7 Å². The van der Waals surface area contributed by atoms with E-state index < -0.39 is 74.3 Å². The third-order valence-corrected chi connectivity index (χ3v) is 11.4. The van der Waals surface area contributed by atoms with Gasteiger partial charge in [0, 0.05) is 31.1 Å². The van der Waals surface area contributed by atoms with Gasteiger partial charge in [-0.3, -0.25) is 23.9 Å². The molecule has 0 radical (unpaired) electrons. The summed E-state index contributed by atoms with van der Waals surface area (Å²) < 4.78 is 58.9. The highest BCUT2D eigenvalue weighted by atomic mass is 32.2. The normalized spacial score (nSPS) is 29.5. The van der Waals surface area contributed by atoms with E-state index >= 15 is 0 Å². The summed E-state index contributed by atoms with van der Waals surface area (Å²) in [5, 5.41) is 6.35. The Balaban J connectivity index is 1.20. The molecule has 3 heterocycles. The number of nitrogens with one attached hydrogen (secondary N) is 3. The van der Waals surface area contributed by atoms with Gasteiger partial charge in [-0.2, -0.15) is 5.06 Å². The lowest BCUT2D eigenvalue weighted by Gasteiger charge is -2.30. The maximum atomic E-state index is 14.2. The van der Waals surface area contributed by atoms with E-state index in [0.717, 1.165) is 5.56 Å². The number of carbonyl (C=O) groups excluding carboxylic acids is 4. The van der Waals surface area contributed by atoms with Crippen LogP contribution in [0.15, 0.2) is 30.4 Å². The quantitative estimate of drug-likeness (QED) is 0.262. The first-order valence-corrected chi connectivity index (χ1v) is 18.9.